The second-order valence-corrected chi connectivity index (χ2v) is 6.30. The van der Waals surface area contributed by atoms with E-state index >= 15 is 0 Å². The number of benzene rings is 1. The summed E-state index contributed by atoms with van der Waals surface area (Å²) in [4.78, 5) is 31.0. The van der Waals surface area contributed by atoms with Crippen LogP contribution in [0.25, 0.3) is 11.0 Å². The van der Waals surface area contributed by atoms with Gasteiger partial charge in [0.15, 0.2) is 0 Å². The van der Waals surface area contributed by atoms with Crippen LogP contribution in [0.15, 0.2) is 23.0 Å². The fraction of sp³-hybridized carbons (Fsp3) is 0.529. The molecule has 0 bridgehead atoms. The van der Waals surface area contributed by atoms with Gasteiger partial charge in [-0.1, -0.05) is 6.07 Å². The number of hydrogen-bond acceptors (Lipinski definition) is 3. The normalized spacial score (nSPS) is 15.2. The first kappa shape index (κ1) is 18.5. The summed E-state index contributed by atoms with van der Waals surface area (Å²) in [6, 6.07) is 6.28. The highest BCUT2D eigenvalue weighted by Crippen LogP contribution is 2.15. The Labute approximate surface area is 147 Å². The minimum absolute atomic E-state index is 0. The number of carbonyl (C=O) groups excluding carboxylic acids is 1. The van der Waals surface area contributed by atoms with Crippen molar-refractivity contribution in [3.8, 4) is 0 Å². The van der Waals surface area contributed by atoms with Crippen LogP contribution >= 0.6 is 12.4 Å². The largest absolute Gasteiger partial charge is 0.343 e. The van der Waals surface area contributed by atoms with Crippen molar-refractivity contribution in [2.45, 2.75) is 38.1 Å². The van der Waals surface area contributed by atoms with Gasteiger partial charge in [0, 0.05) is 19.5 Å². The first-order valence-corrected chi connectivity index (χ1v) is 8.31. The fourth-order valence-electron chi connectivity index (χ4n) is 3.25. The van der Waals surface area contributed by atoms with Crippen molar-refractivity contribution >= 4 is 29.3 Å². The van der Waals surface area contributed by atoms with Gasteiger partial charge in [-0.2, -0.15) is 0 Å². The first-order valence-electron chi connectivity index (χ1n) is 8.31. The second-order valence-electron chi connectivity index (χ2n) is 6.30. The number of piperidine rings is 1. The van der Waals surface area contributed by atoms with Gasteiger partial charge < -0.3 is 20.2 Å². The lowest BCUT2D eigenvalue weighted by molar-refractivity contribution is -0.132. The SMILES string of the molecule is CN(C(=O)CCCc1ccc2[nH]c(=O)[nH]c2c1)C1CCNCC1.Cl. The maximum absolute atomic E-state index is 12.3. The van der Waals surface area contributed by atoms with Gasteiger partial charge in [0.25, 0.3) is 0 Å². The molecule has 0 saturated carbocycles. The molecule has 2 heterocycles. The molecule has 0 spiro atoms. The van der Waals surface area contributed by atoms with Gasteiger partial charge in [-0.25, -0.2) is 4.79 Å². The number of nitrogens with zero attached hydrogens (tertiary/aromatic N) is 1. The van der Waals surface area contributed by atoms with E-state index in [0.29, 0.717) is 12.5 Å². The Balaban J connectivity index is 0.00000208. The Morgan fingerprint density at radius 1 is 1.21 bits per heavy atom. The Hall–Kier alpha value is -1.79. The number of fused-ring (bicyclic) bond motifs is 1. The van der Waals surface area contributed by atoms with Gasteiger partial charge in [-0.3, -0.25) is 4.79 Å². The van der Waals surface area contributed by atoms with Crippen LogP contribution in [0.4, 0.5) is 0 Å². The van der Waals surface area contributed by atoms with Crippen LogP contribution in [0, 0.1) is 0 Å². The number of aromatic amines is 2. The highest BCUT2D eigenvalue weighted by Gasteiger charge is 2.21. The highest BCUT2D eigenvalue weighted by atomic mass is 35.5. The predicted octanol–water partition coefficient (Wildman–Crippen LogP) is 1.81. The smallest absolute Gasteiger partial charge is 0.323 e. The van der Waals surface area contributed by atoms with Crippen molar-refractivity contribution < 1.29 is 4.79 Å². The van der Waals surface area contributed by atoms with Crippen LogP contribution in [0.1, 0.15) is 31.2 Å². The van der Waals surface area contributed by atoms with E-state index in [9.17, 15) is 9.59 Å². The summed E-state index contributed by atoms with van der Waals surface area (Å²) >= 11 is 0. The molecule has 1 aliphatic rings. The number of aromatic nitrogens is 2. The van der Waals surface area contributed by atoms with Gasteiger partial charge in [0.2, 0.25) is 5.91 Å². The third-order valence-electron chi connectivity index (χ3n) is 4.69. The summed E-state index contributed by atoms with van der Waals surface area (Å²) in [6.07, 6.45) is 4.32. The van der Waals surface area contributed by atoms with E-state index in [2.05, 4.69) is 15.3 Å². The third kappa shape index (κ3) is 4.39. The van der Waals surface area contributed by atoms with Gasteiger partial charge in [0.1, 0.15) is 0 Å². The van der Waals surface area contributed by atoms with E-state index in [1.165, 1.54) is 0 Å². The van der Waals surface area contributed by atoms with Crippen molar-refractivity contribution in [1.29, 1.82) is 0 Å². The van der Waals surface area contributed by atoms with Crippen LogP contribution in [0.2, 0.25) is 0 Å². The van der Waals surface area contributed by atoms with Crippen molar-refractivity contribution in [3.05, 3.63) is 34.2 Å². The lowest BCUT2D eigenvalue weighted by Crippen LogP contribution is -2.43. The molecule has 0 aliphatic carbocycles. The number of rotatable bonds is 5. The number of amides is 1. The van der Waals surface area contributed by atoms with Crippen molar-refractivity contribution in [3.63, 3.8) is 0 Å². The Kier molecular flexibility index (Phi) is 6.45. The van der Waals surface area contributed by atoms with Crippen LogP contribution < -0.4 is 11.0 Å². The Morgan fingerprint density at radius 2 is 1.92 bits per heavy atom. The van der Waals surface area contributed by atoms with Crippen LogP contribution in [-0.4, -0.2) is 47.0 Å². The van der Waals surface area contributed by atoms with Crippen LogP contribution in [0.3, 0.4) is 0 Å². The van der Waals surface area contributed by atoms with E-state index < -0.39 is 0 Å². The highest BCUT2D eigenvalue weighted by molar-refractivity contribution is 5.85. The van der Waals surface area contributed by atoms with Crippen LogP contribution in [-0.2, 0) is 11.2 Å². The van der Waals surface area contributed by atoms with Crippen molar-refractivity contribution in [2.75, 3.05) is 20.1 Å². The molecule has 6 nitrogen and oxygen atoms in total. The Morgan fingerprint density at radius 3 is 2.67 bits per heavy atom. The average molecular weight is 353 g/mol. The van der Waals surface area contributed by atoms with Gasteiger partial charge >= 0.3 is 5.69 Å². The molecule has 1 aromatic carbocycles. The summed E-state index contributed by atoms with van der Waals surface area (Å²) in [5.41, 5.74) is 2.60. The molecule has 1 fully saturated rings. The number of imidazole rings is 1. The second kappa shape index (κ2) is 8.35. The topological polar surface area (TPSA) is 81.0 Å². The number of hydrogen-bond donors (Lipinski definition) is 3. The Bertz CT molecular complexity index is 734. The number of aryl methyl sites for hydroxylation is 1. The van der Waals surface area contributed by atoms with E-state index in [-0.39, 0.29) is 24.0 Å². The van der Waals surface area contributed by atoms with Gasteiger partial charge in [0.05, 0.1) is 11.0 Å². The number of H-pyrrole nitrogens is 2. The minimum atomic E-state index is -0.184. The molecule has 24 heavy (non-hydrogen) atoms. The zero-order chi connectivity index (χ0) is 16.2. The molecule has 7 heteroatoms. The van der Waals surface area contributed by atoms with Crippen LogP contribution in [0.5, 0.6) is 0 Å². The molecule has 1 saturated heterocycles. The van der Waals surface area contributed by atoms with Crippen molar-refractivity contribution in [1.82, 2.24) is 20.2 Å². The first-order chi connectivity index (χ1) is 11.1. The lowest BCUT2D eigenvalue weighted by Gasteiger charge is -2.31. The molecular weight excluding hydrogens is 328 g/mol. The fourth-order valence-corrected chi connectivity index (χ4v) is 3.25. The summed E-state index contributed by atoms with van der Waals surface area (Å²) in [6.45, 7) is 1.99. The van der Waals surface area contributed by atoms with Gasteiger partial charge in [-0.05, 0) is 56.5 Å². The van der Waals surface area contributed by atoms with Gasteiger partial charge in [-0.15, -0.1) is 12.4 Å². The quantitative estimate of drug-likeness (QED) is 0.767. The van der Waals surface area contributed by atoms with E-state index in [0.717, 1.165) is 55.4 Å². The summed E-state index contributed by atoms with van der Waals surface area (Å²) in [7, 11) is 1.93. The summed E-state index contributed by atoms with van der Waals surface area (Å²) < 4.78 is 0. The van der Waals surface area contributed by atoms with E-state index in [1.54, 1.807) is 0 Å². The minimum Gasteiger partial charge on any atom is -0.343 e. The molecule has 3 rings (SSSR count). The maximum atomic E-state index is 12.3. The number of carbonyl (C=O) groups is 1. The monoisotopic (exact) mass is 352 g/mol. The summed E-state index contributed by atoms with van der Waals surface area (Å²) in [5.74, 6) is 0.230. The molecule has 2 aromatic rings. The van der Waals surface area contributed by atoms with E-state index in [1.807, 2.05) is 30.1 Å². The zero-order valence-electron chi connectivity index (χ0n) is 13.9. The molecular formula is C17H25ClN4O2. The molecule has 0 radical (unpaired) electrons. The molecule has 0 unspecified atom stereocenters. The number of halogens is 1. The average Bonchev–Trinajstić information content (AvgIpc) is 2.94. The molecule has 0 atom stereocenters. The molecule has 1 aromatic heterocycles. The lowest BCUT2D eigenvalue weighted by atomic mass is 10.0. The standard InChI is InChI=1S/C17H24N4O2.ClH/c1-21(13-7-9-18-10-8-13)16(22)4-2-3-12-5-6-14-15(11-12)20-17(23)19-14;/h5-6,11,13,18H,2-4,7-10H2,1H3,(H2,19,20,23);1H. The zero-order valence-corrected chi connectivity index (χ0v) is 14.7. The van der Waals surface area contributed by atoms with Crippen molar-refractivity contribution in [2.24, 2.45) is 0 Å². The third-order valence-corrected chi connectivity index (χ3v) is 4.69. The molecule has 1 amide bonds. The summed E-state index contributed by atoms with van der Waals surface area (Å²) in [5, 5.41) is 3.32. The predicted molar refractivity (Wildman–Crippen MR) is 97.8 cm³/mol. The molecule has 3 N–H and O–H groups in total. The van der Waals surface area contributed by atoms with E-state index in [4.69, 9.17) is 0 Å². The molecule has 132 valence electrons. The molecule has 1 aliphatic heterocycles. The number of nitrogens with one attached hydrogen (secondary N) is 3. The maximum Gasteiger partial charge on any atom is 0.323 e.